The van der Waals surface area contributed by atoms with Crippen molar-refractivity contribution in [1.82, 2.24) is 4.98 Å². The molecule has 8 heteroatoms. The first-order chi connectivity index (χ1) is 12.8. The Balaban J connectivity index is 2.29. The number of pyridine rings is 1. The van der Waals surface area contributed by atoms with Crippen LogP contribution < -0.4 is 0 Å². The molecule has 0 saturated heterocycles. The zero-order valence-electron chi connectivity index (χ0n) is 13.3. The van der Waals surface area contributed by atoms with Gasteiger partial charge in [-0.1, -0.05) is 69.6 Å². The van der Waals surface area contributed by atoms with E-state index in [0.717, 1.165) is 0 Å². The molecule has 0 radical (unpaired) electrons. The molecule has 1 aromatic heterocycles. The maximum absolute atomic E-state index is 9.14. The van der Waals surface area contributed by atoms with Crippen LogP contribution in [0.1, 0.15) is 5.69 Å². The van der Waals surface area contributed by atoms with Crippen LogP contribution in [0.4, 0.5) is 0 Å². The summed E-state index contributed by atoms with van der Waals surface area (Å²) in [6.45, 7) is 0. The third-order valence-corrected chi connectivity index (χ3v) is 5.42. The number of nitriles is 1. The molecule has 0 unspecified atom stereocenters. The van der Waals surface area contributed by atoms with E-state index in [0.29, 0.717) is 58.1 Å². The van der Waals surface area contributed by atoms with E-state index in [2.05, 4.69) is 11.1 Å². The van der Waals surface area contributed by atoms with E-state index < -0.39 is 0 Å². The largest absolute Gasteiger partial charge is 0.259 e. The molecule has 0 saturated carbocycles. The van der Waals surface area contributed by atoms with Gasteiger partial charge >= 0.3 is 0 Å². The molecule has 136 valence electrons. The zero-order chi connectivity index (χ0) is 19.7. The summed E-state index contributed by atoms with van der Waals surface area (Å²) in [5, 5.41) is 11.4. The van der Waals surface area contributed by atoms with Crippen molar-refractivity contribution >= 4 is 69.6 Å². The van der Waals surface area contributed by atoms with Gasteiger partial charge in [-0.15, -0.1) is 0 Å². The van der Waals surface area contributed by atoms with Gasteiger partial charge in [0.1, 0.15) is 0 Å². The first kappa shape index (κ1) is 20.6. The molecular formula is C19H8Cl6N2. The van der Waals surface area contributed by atoms with Gasteiger partial charge in [0.15, 0.2) is 0 Å². The third-order valence-electron chi connectivity index (χ3n) is 3.79. The number of hydrogen-bond acceptors (Lipinski definition) is 2. The Morgan fingerprint density at radius 2 is 1.22 bits per heavy atom. The predicted octanol–water partition coefficient (Wildman–Crippen LogP) is 8.40. The zero-order valence-corrected chi connectivity index (χ0v) is 17.9. The summed E-state index contributed by atoms with van der Waals surface area (Å²) in [4.78, 5) is 4.41. The summed E-state index contributed by atoms with van der Waals surface area (Å²) in [7, 11) is 0. The van der Waals surface area contributed by atoms with Crippen molar-refractivity contribution in [3.05, 3.63) is 72.4 Å². The van der Waals surface area contributed by atoms with Crippen molar-refractivity contribution in [3.8, 4) is 28.3 Å². The van der Waals surface area contributed by atoms with E-state index in [1.54, 1.807) is 36.5 Å². The van der Waals surface area contributed by atoms with Gasteiger partial charge in [-0.05, 0) is 30.3 Å². The first-order valence-electron chi connectivity index (χ1n) is 7.47. The van der Waals surface area contributed by atoms with E-state index in [1.165, 1.54) is 0 Å². The van der Waals surface area contributed by atoms with Gasteiger partial charge in [-0.3, -0.25) is 4.98 Å². The molecule has 1 heterocycles. The van der Waals surface area contributed by atoms with Crippen molar-refractivity contribution in [2.75, 3.05) is 0 Å². The van der Waals surface area contributed by atoms with Crippen LogP contribution in [0.3, 0.4) is 0 Å². The predicted molar refractivity (Wildman–Crippen MR) is 114 cm³/mol. The molecule has 3 rings (SSSR count). The number of hydrogen-bond donors (Lipinski definition) is 0. The average molecular weight is 477 g/mol. The van der Waals surface area contributed by atoms with Gasteiger partial charge in [-0.2, -0.15) is 5.26 Å². The third kappa shape index (κ3) is 4.30. The summed E-state index contributed by atoms with van der Waals surface area (Å²) >= 11 is 37.4. The second kappa shape index (κ2) is 8.45. The second-order valence-electron chi connectivity index (χ2n) is 5.54. The molecular weight excluding hydrogens is 469 g/mol. The molecule has 0 amide bonds. The lowest BCUT2D eigenvalue weighted by atomic mass is 9.97. The molecule has 0 bridgehead atoms. The minimum Gasteiger partial charge on any atom is -0.259 e. The molecule has 27 heavy (non-hydrogen) atoms. The number of rotatable bonds is 3. The van der Waals surface area contributed by atoms with Crippen molar-refractivity contribution in [1.29, 1.82) is 5.26 Å². The number of halogens is 6. The van der Waals surface area contributed by atoms with E-state index in [-0.39, 0.29) is 6.42 Å². The highest BCUT2D eigenvalue weighted by Gasteiger charge is 2.18. The first-order valence-corrected chi connectivity index (χ1v) is 9.74. The summed E-state index contributed by atoms with van der Waals surface area (Å²) in [6.07, 6.45) is 1.67. The Bertz CT molecular complexity index is 1040. The number of benzene rings is 2. The van der Waals surface area contributed by atoms with Gasteiger partial charge in [0.25, 0.3) is 0 Å². The highest BCUT2D eigenvalue weighted by molar-refractivity contribution is 6.43. The Labute approximate surface area is 186 Å². The Morgan fingerprint density at radius 1 is 0.741 bits per heavy atom. The van der Waals surface area contributed by atoms with Crippen molar-refractivity contribution in [2.45, 2.75) is 6.42 Å². The maximum atomic E-state index is 9.14. The lowest BCUT2D eigenvalue weighted by Crippen LogP contribution is -1.96. The molecule has 0 fully saturated rings. The summed E-state index contributed by atoms with van der Waals surface area (Å²) < 4.78 is 0. The van der Waals surface area contributed by atoms with Crippen molar-refractivity contribution in [2.24, 2.45) is 0 Å². The molecule has 0 aliphatic rings. The van der Waals surface area contributed by atoms with Crippen LogP contribution in [0.25, 0.3) is 22.3 Å². The van der Waals surface area contributed by atoms with E-state index in [4.69, 9.17) is 74.9 Å². The molecule has 0 spiro atoms. The average Bonchev–Trinajstić information content (AvgIpc) is 2.55. The van der Waals surface area contributed by atoms with Crippen LogP contribution in [-0.4, -0.2) is 4.98 Å². The molecule has 3 aromatic rings. The smallest absolute Gasteiger partial charge is 0.0781 e. The molecule has 0 atom stereocenters. The molecule has 0 aliphatic heterocycles. The van der Waals surface area contributed by atoms with E-state index in [1.807, 2.05) is 0 Å². The second-order valence-corrected chi connectivity index (χ2v) is 8.04. The molecule has 2 aromatic carbocycles. The van der Waals surface area contributed by atoms with Crippen LogP contribution in [0.15, 0.2) is 36.5 Å². The van der Waals surface area contributed by atoms with Gasteiger partial charge in [0, 0.05) is 38.5 Å². The van der Waals surface area contributed by atoms with Gasteiger partial charge in [0.2, 0.25) is 0 Å². The maximum Gasteiger partial charge on any atom is 0.0781 e. The number of nitrogens with zero attached hydrogens (tertiary/aromatic N) is 2. The minimum atomic E-state index is 0.0764. The Kier molecular flexibility index (Phi) is 6.43. The van der Waals surface area contributed by atoms with Gasteiger partial charge in [0.05, 0.1) is 38.3 Å². The molecule has 2 nitrogen and oxygen atoms in total. The fraction of sp³-hybridized carbons (Fsp3) is 0.0526. The van der Waals surface area contributed by atoms with E-state index >= 15 is 0 Å². The fourth-order valence-electron chi connectivity index (χ4n) is 2.68. The summed E-state index contributed by atoms with van der Waals surface area (Å²) in [6, 6.07) is 10.2. The standard InChI is InChI=1S/C19H8Cl6N2/c20-10-4-13(22)18(14(23)5-10)9-3-12(17(1-2-26)27-8-9)19-15(24)6-11(21)7-16(19)25/h3-8H,1H2. The monoisotopic (exact) mass is 474 g/mol. The SMILES string of the molecule is N#CCc1ncc(-c2c(Cl)cc(Cl)cc2Cl)cc1-c1c(Cl)cc(Cl)cc1Cl. The topological polar surface area (TPSA) is 36.7 Å². The fourth-order valence-corrected chi connectivity index (χ4v) is 4.74. The Morgan fingerprint density at radius 3 is 1.70 bits per heavy atom. The van der Waals surface area contributed by atoms with Crippen LogP contribution in [0.2, 0.25) is 30.1 Å². The molecule has 0 aliphatic carbocycles. The van der Waals surface area contributed by atoms with Gasteiger partial charge in [-0.25, -0.2) is 0 Å². The lowest BCUT2D eigenvalue weighted by Gasteiger charge is -2.14. The van der Waals surface area contributed by atoms with Crippen molar-refractivity contribution < 1.29 is 0 Å². The Hall–Kier alpha value is -1.18. The van der Waals surface area contributed by atoms with Crippen molar-refractivity contribution in [3.63, 3.8) is 0 Å². The normalized spacial score (nSPS) is 10.7. The quantitative estimate of drug-likeness (QED) is 0.380. The van der Waals surface area contributed by atoms with Crippen LogP contribution >= 0.6 is 69.6 Å². The highest BCUT2D eigenvalue weighted by Crippen LogP contribution is 2.42. The van der Waals surface area contributed by atoms with Crippen LogP contribution in [-0.2, 0) is 6.42 Å². The summed E-state index contributed by atoms with van der Waals surface area (Å²) in [5.74, 6) is 0. The van der Waals surface area contributed by atoms with Crippen LogP contribution in [0, 0.1) is 11.3 Å². The van der Waals surface area contributed by atoms with Crippen LogP contribution in [0.5, 0.6) is 0 Å². The molecule has 0 N–H and O–H groups in total. The summed E-state index contributed by atoms with van der Waals surface area (Å²) in [5.41, 5.74) is 2.86. The number of aromatic nitrogens is 1. The highest BCUT2D eigenvalue weighted by atomic mass is 35.5. The minimum absolute atomic E-state index is 0.0764. The lowest BCUT2D eigenvalue weighted by molar-refractivity contribution is 1.12. The van der Waals surface area contributed by atoms with E-state index in [9.17, 15) is 0 Å². The van der Waals surface area contributed by atoms with Gasteiger partial charge < -0.3 is 0 Å².